The molecule has 1 aromatic heterocycles. The lowest BCUT2D eigenvalue weighted by Gasteiger charge is -2.32. The van der Waals surface area contributed by atoms with E-state index in [1.165, 1.54) is 6.20 Å². The SMILES string of the molecule is Cc1cnc(OCCN2CCN(C)CC2)c(C(F)(F)F)c1. The summed E-state index contributed by atoms with van der Waals surface area (Å²) in [5.41, 5.74) is -0.338. The molecular weight excluding hydrogens is 283 g/mol. The van der Waals surface area contributed by atoms with Crippen LogP contribution in [0.5, 0.6) is 5.88 Å². The molecule has 0 atom stereocenters. The van der Waals surface area contributed by atoms with Crippen LogP contribution in [-0.2, 0) is 6.18 Å². The number of aryl methyl sites for hydroxylation is 1. The molecule has 4 nitrogen and oxygen atoms in total. The van der Waals surface area contributed by atoms with Crippen molar-refractivity contribution in [2.45, 2.75) is 13.1 Å². The first-order valence-electron chi connectivity index (χ1n) is 6.94. The highest BCUT2D eigenvalue weighted by Gasteiger charge is 2.35. The van der Waals surface area contributed by atoms with E-state index in [0.717, 1.165) is 32.2 Å². The third-order valence-electron chi connectivity index (χ3n) is 3.54. The van der Waals surface area contributed by atoms with Gasteiger partial charge in [-0.2, -0.15) is 13.2 Å². The molecule has 118 valence electrons. The van der Waals surface area contributed by atoms with Gasteiger partial charge in [0, 0.05) is 38.9 Å². The van der Waals surface area contributed by atoms with Gasteiger partial charge in [0.05, 0.1) is 0 Å². The van der Waals surface area contributed by atoms with Gasteiger partial charge < -0.3 is 9.64 Å². The Labute approximate surface area is 122 Å². The highest BCUT2D eigenvalue weighted by Crippen LogP contribution is 2.35. The molecule has 1 saturated heterocycles. The molecule has 7 heteroatoms. The zero-order valence-electron chi connectivity index (χ0n) is 12.3. The van der Waals surface area contributed by atoms with E-state index in [4.69, 9.17) is 4.74 Å². The third-order valence-corrected chi connectivity index (χ3v) is 3.54. The fourth-order valence-electron chi connectivity index (χ4n) is 2.22. The number of nitrogens with zero attached hydrogens (tertiary/aromatic N) is 3. The van der Waals surface area contributed by atoms with Gasteiger partial charge >= 0.3 is 6.18 Å². The maximum absolute atomic E-state index is 12.9. The maximum Gasteiger partial charge on any atom is 0.421 e. The van der Waals surface area contributed by atoms with Gasteiger partial charge in [0.15, 0.2) is 0 Å². The summed E-state index contributed by atoms with van der Waals surface area (Å²) in [6, 6.07) is 1.07. The van der Waals surface area contributed by atoms with Gasteiger partial charge in [-0.15, -0.1) is 0 Å². The second-order valence-electron chi connectivity index (χ2n) is 5.36. The molecule has 21 heavy (non-hydrogen) atoms. The van der Waals surface area contributed by atoms with Crippen molar-refractivity contribution in [3.8, 4) is 5.88 Å². The predicted octanol–water partition coefficient (Wildman–Crippen LogP) is 2.04. The molecule has 0 amide bonds. The minimum absolute atomic E-state index is 0.211. The van der Waals surface area contributed by atoms with E-state index >= 15 is 0 Å². The lowest BCUT2D eigenvalue weighted by molar-refractivity contribution is -0.139. The highest BCUT2D eigenvalue weighted by molar-refractivity contribution is 5.31. The molecule has 2 heterocycles. The Hall–Kier alpha value is -1.34. The fourth-order valence-corrected chi connectivity index (χ4v) is 2.22. The van der Waals surface area contributed by atoms with Crippen LogP contribution in [0.1, 0.15) is 11.1 Å². The average molecular weight is 303 g/mol. The third kappa shape index (κ3) is 4.57. The first-order chi connectivity index (χ1) is 9.86. The first-order valence-corrected chi connectivity index (χ1v) is 6.94. The molecule has 0 saturated carbocycles. The zero-order valence-corrected chi connectivity index (χ0v) is 12.3. The van der Waals surface area contributed by atoms with Gasteiger partial charge in [-0.1, -0.05) is 0 Å². The van der Waals surface area contributed by atoms with Gasteiger partial charge in [0.25, 0.3) is 0 Å². The average Bonchev–Trinajstić information content (AvgIpc) is 2.41. The number of piperazine rings is 1. The van der Waals surface area contributed by atoms with Crippen LogP contribution in [0.25, 0.3) is 0 Å². The van der Waals surface area contributed by atoms with Gasteiger partial charge in [0.2, 0.25) is 5.88 Å². The molecule has 0 spiro atoms. The summed E-state index contributed by atoms with van der Waals surface area (Å²) in [7, 11) is 2.06. The number of ether oxygens (including phenoxy) is 1. The molecule has 2 rings (SSSR count). The van der Waals surface area contributed by atoms with Crippen LogP contribution < -0.4 is 4.74 Å². The number of hydrogen-bond donors (Lipinski definition) is 0. The van der Waals surface area contributed by atoms with Crippen molar-refractivity contribution in [2.75, 3.05) is 46.4 Å². The lowest BCUT2D eigenvalue weighted by atomic mass is 10.2. The number of halogens is 3. The van der Waals surface area contributed by atoms with Crippen LogP contribution >= 0.6 is 0 Å². The summed E-state index contributed by atoms with van der Waals surface area (Å²) in [6.45, 7) is 6.16. The fraction of sp³-hybridized carbons (Fsp3) is 0.643. The van der Waals surface area contributed by atoms with Crippen LogP contribution in [0.2, 0.25) is 0 Å². The number of hydrogen-bond acceptors (Lipinski definition) is 4. The van der Waals surface area contributed by atoms with Crippen molar-refractivity contribution in [1.82, 2.24) is 14.8 Å². The van der Waals surface area contributed by atoms with Crippen molar-refractivity contribution in [3.63, 3.8) is 0 Å². The molecule has 0 radical (unpaired) electrons. The Balaban J connectivity index is 1.91. The van der Waals surface area contributed by atoms with E-state index < -0.39 is 11.7 Å². The summed E-state index contributed by atoms with van der Waals surface area (Å²) in [5.74, 6) is -0.331. The van der Waals surface area contributed by atoms with Gasteiger partial charge in [-0.3, -0.25) is 4.90 Å². The number of likely N-dealkylation sites (N-methyl/N-ethyl adjacent to an activating group) is 1. The quantitative estimate of drug-likeness (QED) is 0.851. The van der Waals surface area contributed by atoms with E-state index in [2.05, 4.69) is 21.8 Å². The molecule has 1 aliphatic heterocycles. The molecule has 1 fully saturated rings. The standard InChI is InChI=1S/C14H20F3N3O/c1-11-9-12(14(15,16)17)13(18-10-11)21-8-7-20-5-3-19(2)4-6-20/h9-10H,3-8H2,1-2H3. The van der Waals surface area contributed by atoms with E-state index in [1.807, 2.05) is 0 Å². The topological polar surface area (TPSA) is 28.6 Å². The van der Waals surface area contributed by atoms with E-state index in [0.29, 0.717) is 12.1 Å². The second-order valence-corrected chi connectivity index (χ2v) is 5.36. The highest BCUT2D eigenvalue weighted by atomic mass is 19.4. The van der Waals surface area contributed by atoms with E-state index in [9.17, 15) is 13.2 Å². The molecule has 0 aliphatic carbocycles. The monoisotopic (exact) mass is 303 g/mol. The number of rotatable bonds is 4. The Morgan fingerprint density at radius 3 is 2.52 bits per heavy atom. The van der Waals surface area contributed by atoms with E-state index in [1.54, 1.807) is 6.92 Å². The number of pyridine rings is 1. The molecule has 1 aliphatic rings. The molecule has 0 aromatic carbocycles. The van der Waals surface area contributed by atoms with Crippen molar-refractivity contribution in [3.05, 3.63) is 23.4 Å². The summed E-state index contributed by atoms with van der Waals surface area (Å²) in [4.78, 5) is 8.18. The predicted molar refractivity (Wildman–Crippen MR) is 73.4 cm³/mol. The van der Waals surface area contributed by atoms with Gasteiger partial charge in [0.1, 0.15) is 12.2 Å². The smallest absolute Gasteiger partial charge is 0.421 e. The van der Waals surface area contributed by atoms with Crippen molar-refractivity contribution in [2.24, 2.45) is 0 Å². The Morgan fingerprint density at radius 1 is 1.24 bits per heavy atom. The maximum atomic E-state index is 12.9. The Kier molecular flexibility index (Phi) is 5.05. The Bertz CT molecular complexity index is 471. The Morgan fingerprint density at radius 2 is 1.90 bits per heavy atom. The van der Waals surface area contributed by atoms with Crippen LogP contribution in [0.15, 0.2) is 12.3 Å². The van der Waals surface area contributed by atoms with Crippen LogP contribution in [0.4, 0.5) is 13.2 Å². The molecule has 1 aromatic rings. The number of aromatic nitrogens is 1. The molecule has 0 N–H and O–H groups in total. The van der Waals surface area contributed by atoms with Crippen molar-refractivity contribution < 1.29 is 17.9 Å². The number of alkyl halides is 3. The van der Waals surface area contributed by atoms with Gasteiger partial charge in [-0.25, -0.2) is 4.98 Å². The van der Waals surface area contributed by atoms with Gasteiger partial charge in [-0.05, 0) is 25.6 Å². The van der Waals surface area contributed by atoms with E-state index in [-0.39, 0.29) is 12.5 Å². The second kappa shape index (κ2) is 6.62. The minimum atomic E-state index is -4.44. The molecular formula is C14H20F3N3O. The zero-order chi connectivity index (χ0) is 15.5. The minimum Gasteiger partial charge on any atom is -0.476 e. The summed E-state index contributed by atoms with van der Waals surface area (Å²) in [6.07, 6.45) is -3.05. The van der Waals surface area contributed by atoms with Crippen molar-refractivity contribution in [1.29, 1.82) is 0 Å². The van der Waals surface area contributed by atoms with Crippen LogP contribution in [0.3, 0.4) is 0 Å². The lowest BCUT2D eigenvalue weighted by Crippen LogP contribution is -2.45. The molecule has 0 unspecified atom stereocenters. The largest absolute Gasteiger partial charge is 0.476 e. The molecule has 0 bridgehead atoms. The van der Waals surface area contributed by atoms with Crippen LogP contribution in [0, 0.1) is 6.92 Å². The van der Waals surface area contributed by atoms with Crippen molar-refractivity contribution >= 4 is 0 Å². The van der Waals surface area contributed by atoms with Crippen LogP contribution in [-0.4, -0.2) is 61.2 Å². The normalized spacial score (nSPS) is 18.0. The summed E-state index contributed by atoms with van der Waals surface area (Å²) < 4.78 is 44.0. The first kappa shape index (κ1) is 16.0. The summed E-state index contributed by atoms with van der Waals surface area (Å²) >= 11 is 0. The summed E-state index contributed by atoms with van der Waals surface area (Å²) in [5, 5.41) is 0.